The molecule has 1 N–H and O–H groups in total. The number of likely N-dealkylation sites (N-methyl/N-ethyl adjacent to an activating group) is 1. The number of nitrogens with one attached hydrogen (secondary N) is 1. The molecule has 0 aliphatic carbocycles. The maximum atomic E-state index is 12.0. The smallest absolute Gasteiger partial charge is 0.410 e. The highest BCUT2D eigenvalue weighted by molar-refractivity contribution is 9.10. The van der Waals surface area contributed by atoms with E-state index in [2.05, 4.69) is 46.4 Å². The first-order chi connectivity index (χ1) is 10.2. The zero-order chi connectivity index (χ0) is 16.8. The molecule has 124 valence electrons. The Bertz CT molecular complexity index is 498. The van der Waals surface area contributed by atoms with Crippen molar-refractivity contribution < 1.29 is 9.53 Å². The van der Waals surface area contributed by atoms with Gasteiger partial charge in [0, 0.05) is 30.7 Å². The molecule has 0 spiro atoms. The lowest BCUT2D eigenvalue weighted by molar-refractivity contribution is 0.0262. The van der Waals surface area contributed by atoms with Crippen LogP contribution in [0.2, 0.25) is 0 Å². The van der Waals surface area contributed by atoms with Crippen LogP contribution in [0.15, 0.2) is 22.7 Å². The van der Waals surface area contributed by atoms with Gasteiger partial charge in [-0.3, -0.25) is 0 Å². The minimum absolute atomic E-state index is 0.256. The van der Waals surface area contributed by atoms with Gasteiger partial charge in [-0.2, -0.15) is 0 Å². The van der Waals surface area contributed by atoms with Gasteiger partial charge in [-0.15, -0.1) is 0 Å². The van der Waals surface area contributed by atoms with Crippen LogP contribution in [0.25, 0.3) is 0 Å². The molecule has 0 saturated heterocycles. The van der Waals surface area contributed by atoms with E-state index in [-0.39, 0.29) is 6.09 Å². The lowest BCUT2D eigenvalue weighted by Gasteiger charge is -2.26. The first kappa shape index (κ1) is 19.0. The van der Waals surface area contributed by atoms with Crippen molar-refractivity contribution in [2.75, 3.05) is 19.6 Å². The molecule has 0 bridgehead atoms. The molecule has 0 fully saturated rings. The minimum Gasteiger partial charge on any atom is -0.444 e. The van der Waals surface area contributed by atoms with Crippen molar-refractivity contribution in [2.45, 2.75) is 46.8 Å². The van der Waals surface area contributed by atoms with Crippen LogP contribution in [0, 0.1) is 6.92 Å². The molecule has 1 amide bonds. The third-order valence-corrected chi connectivity index (χ3v) is 3.85. The van der Waals surface area contributed by atoms with Gasteiger partial charge in [0.25, 0.3) is 0 Å². The molecule has 0 saturated carbocycles. The van der Waals surface area contributed by atoms with Gasteiger partial charge in [-0.05, 0) is 51.8 Å². The Kier molecular flexibility index (Phi) is 7.36. The van der Waals surface area contributed by atoms with Gasteiger partial charge in [0.05, 0.1) is 0 Å². The molecule has 0 radical (unpaired) electrons. The summed E-state index contributed by atoms with van der Waals surface area (Å²) in [5.74, 6) is 0. The summed E-state index contributed by atoms with van der Waals surface area (Å²) in [6, 6.07) is 6.31. The topological polar surface area (TPSA) is 41.6 Å². The molecule has 0 heterocycles. The Morgan fingerprint density at radius 3 is 2.59 bits per heavy atom. The van der Waals surface area contributed by atoms with Crippen molar-refractivity contribution in [1.82, 2.24) is 10.2 Å². The van der Waals surface area contributed by atoms with Crippen LogP contribution >= 0.6 is 15.9 Å². The Labute approximate surface area is 142 Å². The van der Waals surface area contributed by atoms with E-state index in [0.717, 1.165) is 17.6 Å². The molecule has 0 unspecified atom stereocenters. The zero-order valence-corrected chi connectivity index (χ0v) is 15.8. The Hall–Kier alpha value is -1.07. The van der Waals surface area contributed by atoms with Crippen LogP contribution in [0.4, 0.5) is 4.79 Å². The maximum absolute atomic E-state index is 12.0. The van der Waals surface area contributed by atoms with E-state index in [1.165, 1.54) is 11.1 Å². The third-order valence-electron chi connectivity index (χ3n) is 3.12. The molecule has 5 heteroatoms. The predicted octanol–water partition coefficient (Wildman–Crippen LogP) is 4.10. The van der Waals surface area contributed by atoms with Gasteiger partial charge >= 0.3 is 6.09 Å². The molecular weight excluding hydrogens is 344 g/mol. The quantitative estimate of drug-likeness (QED) is 0.766. The van der Waals surface area contributed by atoms with Crippen molar-refractivity contribution in [3.8, 4) is 0 Å². The molecule has 0 aromatic heterocycles. The fraction of sp³-hybridized carbons (Fsp3) is 0.588. The van der Waals surface area contributed by atoms with Crippen LogP contribution in [-0.2, 0) is 11.3 Å². The van der Waals surface area contributed by atoms with Gasteiger partial charge < -0.3 is 15.0 Å². The zero-order valence-electron chi connectivity index (χ0n) is 14.2. The summed E-state index contributed by atoms with van der Waals surface area (Å²) < 4.78 is 6.50. The SMILES string of the molecule is CCN(CCNCc1ccc(C)cc1Br)C(=O)OC(C)(C)C. The van der Waals surface area contributed by atoms with Crippen molar-refractivity contribution >= 4 is 22.0 Å². The van der Waals surface area contributed by atoms with Crippen molar-refractivity contribution in [1.29, 1.82) is 0 Å². The van der Waals surface area contributed by atoms with E-state index < -0.39 is 5.60 Å². The van der Waals surface area contributed by atoms with E-state index in [9.17, 15) is 4.79 Å². The van der Waals surface area contributed by atoms with Crippen LogP contribution in [0.3, 0.4) is 0 Å². The van der Waals surface area contributed by atoms with Crippen LogP contribution < -0.4 is 5.32 Å². The standard InChI is InChI=1S/C17H27BrN2O2/c1-6-20(16(21)22-17(3,4)5)10-9-19-12-14-8-7-13(2)11-15(14)18/h7-8,11,19H,6,9-10,12H2,1-5H3. The number of carbonyl (C=O) groups is 1. The van der Waals surface area contributed by atoms with E-state index in [1.807, 2.05) is 27.7 Å². The largest absolute Gasteiger partial charge is 0.444 e. The first-order valence-corrected chi connectivity index (χ1v) is 8.46. The Morgan fingerprint density at radius 1 is 1.36 bits per heavy atom. The summed E-state index contributed by atoms with van der Waals surface area (Å²) in [5.41, 5.74) is 1.99. The van der Waals surface area contributed by atoms with Crippen molar-refractivity contribution in [2.24, 2.45) is 0 Å². The van der Waals surface area contributed by atoms with Gasteiger partial charge in [0.1, 0.15) is 5.60 Å². The average molecular weight is 371 g/mol. The van der Waals surface area contributed by atoms with Gasteiger partial charge in [0.2, 0.25) is 0 Å². The number of halogens is 1. The number of hydrogen-bond acceptors (Lipinski definition) is 3. The molecular formula is C17H27BrN2O2. The van der Waals surface area contributed by atoms with E-state index in [0.29, 0.717) is 13.1 Å². The summed E-state index contributed by atoms with van der Waals surface area (Å²) >= 11 is 3.57. The van der Waals surface area contributed by atoms with Crippen LogP contribution in [-0.4, -0.2) is 36.2 Å². The first-order valence-electron chi connectivity index (χ1n) is 7.66. The van der Waals surface area contributed by atoms with Crippen molar-refractivity contribution in [3.63, 3.8) is 0 Å². The molecule has 0 aliphatic heterocycles. The molecule has 4 nitrogen and oxygen atoms in total. The predicted molar refractivity (Wildman–Crippen MR) is 94.1 cm³/mol. The number of benzene rings is 1. The summed E-state index contributed by atoms with van der Waals surface area (Å²) in [7, 11) is 0. The number of rotatable bonds is 6. The van der Waals surface area contributed by atoms with Crippen LogP contribution in [0.1, 0.15) is 38.8 Å². The molecule has 22 heavy (non-hydrogen) atoms. The fourth-order valence-electron chi connectivity index (χ4n) is 1.94. The monoisotopic (exact) mass is 370 g/mol. The third kappa shape index (κ3) is 6.79. The highest BCUT2D eigenvalue weighted by atomic mass is 79.9. The second kappa shape index (κ2) is 8.53. The number of aryl methyl sites for hydroxylation is 1. The van der Waals surface area contributed by atoms with Crippen molar-refractivity contribution in [3.05, 3.63) is 33.8 Å². The second-order valence-electron chi connectivity index (χ2n) is 6.33. The maximum Gasteiger partial charge on any atom is 0.410 e. The molecule has 1 aromatic carbocycles. The van der Waals surface area contributed by atoms with E-state index >= 15 is 0 Å². The minimum atomic E-state index is -0.454. The Morgan fingerprint density at radius 2 is 2.05 bits per heavy atom. The van der Waals surface area contributed by atoms with Gasteiger partial charge in [-0.1, -0.05) is 28.1 Å². The average Bonchev–Trinajstić information content (AvgIpc) is 2.38. The fourth-order valence-corrected chi connectivity index (χ4v) is 2.57. The molecule has 1 aromatic rings. The van der Waals surface area contributed by atoms with Gasteiger partial charge in [-0.25, -0.2) is 4.79 Å². The second-order valence-corrected chi connectivity index (χ2v) is 7.19. The summed E-state index contributed by atoms with van der Waals surface area (Å²) in [6.45, 7) is 12.5. The summed E-state index contributed by atoms with van der Waals surface area (Å²) in [4.78, 5) is 13.7. The van der Waals surface area contributed by atoms with Gasteiger partial charge in [0.15, 0.2) is 0 Å². The highest BCUT2D eigenvalue weighted by Gasteiger charge is 2.20. The molecule has 0 aliphatic rings. The lowest BCUT2D eigenvalue weighted by atomic mass is 10.1. The van der Waals surface area contributed by atoms with E-state index in [4.69, 9.17) is 4.74 Å². The lowest BCUT2D eigenvalue weighted by Crippen LogP contribution is -2.40. The molecule has 0 atom stereocenters. The number of carbonyl (C=O) groups excluding carboxylic acids is 1. The normalized spacial score (nSPS) is 11.4. The number of nitrogens with zero attached hydrogens (tertiary/aromatic N) is 1. The number of ether oxygens (including phenoxy) is 1. The number of amides is 1. The Balaban J connectivity index is 2.40. The van der Waals surface area contributed by atoms with E-state index in [1.54, 1.807) is 4.90 Å². The number of hydrogen-bond donors (Lipinski definition) is 1. The van der Waals surface area contributed by atoms with Crippen LogP contribution in [0.5, 0.6) is 0 Å². The molecule has 1 rings (SSSR count). The summed E-state index contributed by atoms with van der Waals surface area (Å²) in [5, 5.41) is 3.37. The highest BCUT2D eigenvalue weighted by Crippen LogP contribution is 2.18. The summed E-state index contributed by atoms with van der Waals surface area (Å²) in [6.07, 6.45) is -0.256.